The Morgan fingerprint density at radius 3 is 2.61 bits per heavy atom. The summed E-state index contributed by atoms with van der Waals surface area (Å²) >= 11 is 1.73. The summed E-state index contributed by atoms with van der Waals surface area (Å²) in [5, 5.41) is 9.00. The van der Waals surface area contributed by atoms with Crippen molar-refractivity contribution in [3.8, 4) is 21.8 Å². The lowest BCUT2D eigenvalue weighted by Crippen LogP contribution is -2.38. The third-order valence-corrected chi connectivity index (χ3v) is 10.1. The van der Waals surface area contributed by atoms with Crippen molar-refractivity contribution in [3.05, 3.63) is 40.8 Å². The van der Waals surface area contributed by atoms with E-state index in [2.05, 4.69) is 10.4 Å². The van der Waals surface area contributed by atoms with Crippen molar-refractivity contribution in [3.63, 3.8) is 0 Å². The predicted octanol–water partition coefficient (Wildman–Crippen LogP) is 3.39. The number of rotatable bonds is 4. The Labute approximate surface area is 213 Å². The average Bonchev–Trinajstić information content (AvgIpc) is 3.61. The molecule has 1 aliphatic carbocycles. The molecular formula is C25H27N7O2S2. The number of aryl methyl sites for hydroxylation is 2. The lowest BCUT2D eigenvalue weighted by Gasteiger charge is -2.30. The van der Waals surface area contributed by atoms with Gasteiger partial charge in [0.25, 0.3) is 0 Å². The van der Waals surface area contributed by atoms with Crippen LogP contribution in [0.2, 0.25) is 0 Å². The van der Waals surface area contributed by atoms with Crippen LogP contribution < -0.4 is 11.1 Å². The molecule has 4 aromatic rings. The third-order valence-electron chi connectivity index (χ3n) is 7.78. The maximum Gasteiger partial charge on any atom is 0.180 e. The van der Waals surface area contributed by atoms with Gasteiger partial charge in [0.2, 0.25) is 0 Å². The van der Waals surface area contributed by atoms with Gasteiger partial charge in [0.05, 0.1) is 23.3 Å². The summed E-state index contributed by atoms with van der Waals surface area (Å²) in [6.45, 7) is 0. The molecule has 4 aromatic heterocycles. The molecule has 11 heteroatoms. The zero-order valence-corrected chi connectivity index (χ0v) is 21.6. The number of hydrogen-bond acceptors (Lipinski definition) is 9. The van der Waals surface area contributed by atoms with E-state index in [4.69, 9.17) is 20.7 Å². The number of piperidine rings is 1. The van der Waals surface area contributed by atoms with Gasteiger partial charge in [-0.1, -0.05) is 6.07 Å². The van der Waals surface area contributed by atoms with Crippen LogP contribution in [0.3, 0.4) is 0 Å². The van der Waals surface area contributed by atoms with E-state index in [9.17, 15) is 8.42 Å². The molecular weight excluding hydrogens is 494 g/mol. The van der Waals surface area contributed by atoms with E-state index in [-0.39, 0.29) is 16.6 Å². The molecule has 36 heavy (non-hydrogen) atoms. The molecule has 2 aliphatic heterocycles. The normalized spacial score (nSPS) is 23.4. The molecule has 3 aliphatic rings. The van der Waals surface area contributed by atoms with Crippen molar-refractivity contribution in [2.45, 2.75) is 67.8 Å². The maximum atomic E-state index is 12.8. The first-order valence-electron chi connectivity index (χ1n) is 12.4. The minimum absolute atomic E-state index is 0.0379. The largest absolute Gasteiger partial charge is 0.382 e. The van der Waals surface area contributed by atoms with E-state index >= 15 is 0 Å². The third kappa shape index (κ3) is 3.55. The molecule has 2 fully saturated rings. The predicted molar refractivity (Wildman–Crippen MR) is 139 cm³/mol. The van der Waals surface area contributed by atoms with Crippen molar-refractivity contribution in [1.29, 1.82) is 0 Å². The lowest BCUT2D eigenvalue weighted by molar-refractivity contribution is 0.355. The molecule has 0 radical (unpaired) electrons. The van der Waals surface area contributed by atoms with Crippen LogP contribution in [0.5, 0.6) is 0 Å². The highest BCUT2D eigenvalue weighted by molar-refractivity contribution is 7.91. The fraction of sp³-hybridized carbons (Fsp3) is 0.440. The molecule has 2 atom stereocenters. The van der Waals surface area contributed by atoms with Crippen molar-refractivity contribution in [1.82, 2.24) is 29.9 Å². The lowest BCUT2D eigenvalue weighted by atomic mass is 9.89. The quantitative estimate of drug-likeness (QED) is 0.418. The van der Waals surface area contributed by atoms with Gasteiger partial charge in [0, 0.05) is 46.5 Å². The van der Waals surface area contributed by atoms with Gasteiger partial charge < -0.3 is 11.1 Å². The summed E-state index contributed by atoms with van der Waals surface area (Å²) in [5.74, 6) is 0.160. The van der Waals surface area contributed by atoms with Gasteiger partial charge in [-0.25, -0.2) is 18.4 Å². The zero-order chi connectivity index (χ0) is 24.6. The highest BCUT2D eigenvalue weighted by atomic mass is 32.2. The first kappa shape index (κ1) is 22.3. The number of nitrogens with zero attached hydrogens (tertiary/aromatic N) is 5. The Bertz CT molecular complexity index is 1570. The van der Waals surface area contributed by atoms with Crippen molar-refractivity contribution < 1.29 is 8.42 Å². The van der Waals surface area contributed by atoms with Gasteiger partial charge in [-0.2, -0.15) is 9.61 Å². The number of aromatic nitrogens is 5. The fourth-order valence-corrected chi connectivity index (χ4v) is 8.32. The monoisotopic (exact) mass is 521 g/mol. The summed E-state index contributed by atoms with van der Waals surface area (Å²) < 4.78 is 27.1. The van der Waals surface area contributed by atoms with E-state index in [0.29, 0.717) is 23.4 Å². The van der Waals surface area contributed by atoms with Gasteiger partial charge >= 0.3 is 0 Å². The number of nitrogens with two attached hydrogens (primary N) is 1. The Morgan fingerprint density at radius 1 is 1.11 bits per heavy atom. The molecule has 186 valence electrons. The van der Waals surface area contributed by atoms with E-state index in [0.717, 1.165) is 60.4 Å². The van der Waals surface area contributed by atoms with Crippen LogP contribution in [-0.2, 0) is 22.7 Å². The summed E-state index contributed by atoms with van der Waals surface area (Å²) in [4.78, 5) is 15.9. The van der Waals surface area contributed by atoms with Crippen molar-refractivity contribution in [2.75, 3.05) is 12.0 Å². The van der Waals surface area contributed by atoms with Crippen LogP contribution in [0.15, 0.2) is 29.4 Å². The second-order valence-electron chi connectivity index (χ2n) is 10.3. The number of fused-ring (bicyclic) bond motifs is 4. The first-order valence-corrected chi connectivity index (χ1v) is 15.1. The minimum Gasteiger partial charge on any atom is -0.382 e. The summed E-state index contributed by atoms with van der Waals surface area (Å²) in [6.07, 6.45) is 12.0. The molecule has 2 bridgehead atoms. The average molecular weight is 522 g/mol. The van der Waals surface area contributed by atoms with E-state index in [1.165, 1.54) is 27.8 Å². The SMILES string of the molecule is CS(=O)(=O)c1c(C2CC3CCC(C2)N3)nc2c(-c3ccc(-c4nc5c(s4)CCC5)nc3)cnn2c1N. The molecule has 0 amide bonds. The van der Waals surface area contributed by atoms with Crippen LogP contribution in [0.4, 0.5) is 5.82 Å². The number of sulfone groups is 1. The van der Waals surface area contributed by atoms with Crippen LogP contribution >= 0.6 is 11.3 Å². The number of pyridine rings is 1. The minimum atomic E-state index is -3.60. The van der Waals surface area contributed by atoms with Gasteiger partial charge in [-0.3, -0.25) is 4.98 Å². The summed E-state index contributed by atoms with van der Waals surface area (Å²) in [6, 6.07) is 4.77. The van der Waals surface area contributed by atoms with Crippen LogP contribution in [0.1, 0.15) is 54.3 Å². The van der Waals surface area contributed by atoms with Crippen LogP contribution in [0, 0.1) is 0 Å². The van der Waals surface area contributed by atoms with Crippen LogP contribution in [0.25, 0.3) is 27.5 Å². The molecule has 3 N–H and O–H groups in total. The fourth-order valence-electron chi connectivity index (χ4n) is 6.14. The first-order chi connectivity index (χ1) is 17.3. The molecule has 2 saturated heterocycles. The Hall–Kier alpha value is -2.89. The molecule has 9 nitrogen and oxygen atoms in total. The van der Waals surface area contributed by atoms with Crippen molar-refractivity contribution >= 4 is 32.6 Å². The molecule has 0 aromatic carbocycles. The second kappa shape index (κ2) is 8.06. The van der Waals surface area contributed by atoms with Gasteiger partial charge in [0.15, 0.2) is 15.5 Å². The molecule has 2 unspecified atom stereocenters. The number of nitrogens with one attached hydrogen (secondary N) is 1. The number of hydrogen-bond donors (Lipinski definition) is 2. The standard InChI is InChI=1S/C25H27N7O2S2/c1-36(33,34)22-21(14-9-15-6-7-16(10-14)29-15)31-24-17(12-28-32(24)23(22)26)13-5-8-19(27-11-13)25-30-18-3-2-4-20(18)35-25/h5,8,11-12,14-16,29H,2-4,6-7,9-10,26H2,1H3. The molecule has 0 saturated carbocycles. The Balaban J connectivity index is 1.32. The van der Waals surface area contributed by atoms with Gasteiger partial charge in [0.1, 0.15) is 15.7 Å². The molecule has 6 heterocycles. The number of nitrogen functional groups attached to an aromatic ring is 1. The van der Waals surface area contributed by atoms with E-state index < -0.39 is 9.84 Å². The second-order valence-corrected chi connectivity index (χ2v) is 13.3. The zero-order valence-electron chi connectivity index (χ0n) is 19.9. The summed E-state index contributed by atoms with van der Waals surface area (Å²) in [7, 11) is -3.60. The highest BCUT2D eigenvalue weighted by Gasteiger charge is 2.38. The smallest absolute Gasteiger partial charge is 0.180 e. The summed E-state index contributed by atoms with van der Waals surface area (Å²) in [5.41, 5.74) is 11.3. The van der Waals surface area contributed by atoms with Crippen LogP contribution in [-0.4, -0.2) is 51.3 Å². The number of anilines is 1. The molecule has 0 spiro atoms. The van der Waals surface area contributed by atoms with E-state index in [1.807, 2.05) is 18.3 Å². The Kier molecular flexibility index (Phi) is 4.99. The molecule has 7 rings (SSSR count). The maximum absolute atomic E-state index is 12.8. The van der Waals surface area contributed by atoms with E-state index in [1.54, 1.807) is 17.5 Å². The highest BCUT2D eigenvalue weighted by Crippen LogP contribution is 2.41. The van der Waals surface area contributed by atoms with Gasteiger partial charge in [-0.15, -0.1) is 11.3 Å². The van der Waals surface area contributed by atoms with Gasteiger partial charge in [-0.05, 0) is 51.0 Å². The van der Waals surface area contributed by atoms with Crippen molar-refractivity contribution in [2.24, 2.45) is 0 Å². The number of thiazole rings is 1. The topological polar surface area (TPSA) is 128 Å². The Morgan fingerprint density at radius 2 is 1.92 bits per heavy atom.